The van der Waals surface area contributed by atoms with Crippen molar-refractivity contribution in [1.29, 1.82) is 0 Å². The number of hydrogen-bond donors (Lipinski definition) is 0. The number of benzene rings is 10. The Kier molecular flexibility index (Phi) is 7.24. The van der Waals surface area contributed by atoms with Gasteiger partial charge in [-0.05, 0) is 101 Å². The van der Waals surface area contributed by atoms with Crippen LogP contribution in [0.4, 0.5) is 0 Å². The maximum atomic E-state index is 5.32. The molecule has 0 N–H and O–H groups in total. The second kappa shape index (κ2) is 13.2. The van der Waals surface area contributed by atoms with E-state index in [1.807, 2.05) is 11.3 Å². The minimum absolute atomic E-state index is 0.710. The Balaban J connectivity index is 0.942. The number of hydrogen-bond acceptors (Lipinski definition) is 3. The molecule has 0 aliphatic heterocycles. The molecule has 0 radical (unpaired) electrons. The predicted octanol–water partition coefficient (Wildman–Crippen LogP) is 15.8. The van der Waals surface area contributed by atoms with E-state index >= 15 is 0 Å². The van der Waals surface area contributed by atoms with E-state index in [0.29, 0.717) is 5.82 Å². The molecule has 292 valence electrons. The van der Waals surface area contributed by atoms with E-state index in [1.165, 1.54) is 85.5 Å². The van der Waals surface area contributed by atoms with Crippen molar-refractivity contribution in [3.05, 3.63) is 206 Å². The van der Waals surface area contributed by atoms with E-state index in [-0.39, 0.29) is 0 Å². The molecule has 63 heavy (non-hydrogen) atoms. The summed E-state index contributed by atoms with van der Waals surface area (Å²) in [6.07, 6.45) is 0. The second-order valence-corrected chi connectivity index (χ2v) is 17.6. The van der Waals surface area contributed by atoms with Crippen LogP contribution in [0.3, 0.4) is 0 Å². The van der Waals surface area contributed by atoms with Gasteiger partial charge in [-0.25, -0.2) is 9.97 Å². The molecule has 10 aromatic carbocycles. The van der Waals surface area contributed by atoms with Gasteiger partial charge in [0.05, 0.1) is 39.0 Å². The largest absolute Gasteiger partial charge is 0.309 e. The highest BCUT2D eigenvalue weighted by Crippen LogP contribution is 2.42. The van der Waals surface area contributed by atoms with Gasteiger partial charge in [-0.15, -0.1) is 11.3 Å². The molecule has 14 rings (SSSR count). The van der Waals surface area contributed by atoms with Gasteiger partial charge < -0.3 is 9.13 Å². The molecule has 0 saturated heterocycles. The van der Waals surface area contributed by atoms with Crippen LogP contribution in [0.15, 0.2) is 206 Å². The van der Waals surface area contributed by atoms with Crippen LogP contribution < -0.4 is 0 Å². The van der Waals surface area contributed by atoms with Crippen LogP contribution in [0.25, 0.3) is 130 Å². The first-order chi connectivity index (χ1) is 31.2. The standard InChI is InChI=1S/C58H34N4S/c1-2-14-40-35(12-1)26-30-52-56(40)44-18-5-9-21-50(44)62(52)51-22-11-13-37-32-46-41-15-4-8-20-49(41)61(53(46)34-45(37)51)39-28-24-36(25-29-39)58-59-48-19-7-3-17-43(48)57(60-58)38-27-31-55-47(33-38)42-16-6-10-23-54(42)63-55/h1-34H. The highest BCUT2D eigenvalue weighted by molar-refractivity contribution is 7.25. The zero-order chi connectivity index (χ0) is 41.2. The van der Waals surface area contributed by atoms with Crippen LogP contribution in [0.1, 0.15) is 0 Å². The Morgan fingerprint density at radius 3 is 1.90 bits per heavy atom. The Morgan fingerprint density at radius 1 is 0.349 bits per heavy atom. The lowest BCUT2D eigenvalue weighted by Crippen LogP contribution is -1.98. The van der Waals surface area contributed by atoms with Crippen molar-refractivity contribution < 1.29 is 0 Å². The smallest absolute Gasteiger partial charge is 0.160 e. The highest BCUT2D eigenvalue weighted by Gasteiger charge is 2.20. The lowest BCUT2D eigenvalue weighted by atomic mass is 10.0. The van der Waals surface area contributed by atoms with Gasteiger partial charge in [0.2, 0.25) is 0 Å². The molecule has 5 heteroatoms. The monoisotopic (exact) mass is 818 g/mol. The summed E-state index contributed by atoms with van der Waals surface area (Å²) in [4.78, 5) is 10.5. The van der Waals surface area contributed by atoms with Crippen molar-refractivity contribution in [1.82, 2.24) is 19.1 Å². The van der Waals surface area contributed by atoms with Crippen molar-refractivity contribution in [2.24, 2.45) is 0 Å². The molecule has 0 aliphatic carbocycles. The van der Waals surface area contributed by atoms with Crippen LogP contribution in [0, 0.1) is 0 Å². The fourth-order valence-electron chi connectivity index (χ4n) is 10.3. The average Bonchev–Trinajstić information content (AvgIpc) is 4.00. The van der Waals surface area contributed by atoms with Crippen LogP contribution in [-0.2, 0) is 0 Å². The molecule has 4 nitrogen and oxygen atoms in total. The molecule has 4 aromatic heterocycles. The number of thiophene rings is 1. The van der Waals surface area contributed by atoms with Crippen LogP contribution in [-0.4, -0.2) is 19.1 Å². The second-order valence-electron chi connectivity index (χ2n) is 16.5. The molecule has 0 spiro atoms. The molecule has 0 fully saturated rings. The summed E-state index contributed by atoms with van der Waals surface area (Å²) in [5.74, 6) is 0.710. The van der Waals surface area contributed by atoms with Crippen molar-refractivity contribution in [3.63, 3.8) is 0 Å². The van der Waals surface area contributed by atoms with E-state index in [9.17, 15) is 0 Å². The number of para-hydroxylation sites is 3. The van der Waals surface area contributed by atoms with Gasteiger partial charge >= 0.3 is 0 Å². The quantitative estimate of drug-likeness (QED) is 0.177. The molecule has 14 aromatic rings. The van der Waals surface area contributed by atoms with Crippen molar-refractivity contribution in [2.45, 2.75) is 0 Å². The van der Waals surface area contributed by atoms with Crippen molar-refractivity contribution in [2.75, 3.05) is 0 Å². The minimum Gasteiger partial charge on any atom is -0.309 e. The maximum absolute atomic E-state index is 5.32. The van der Waals surface area contributed by atoms with Crippen LogP contribution in [0.5, 0.6) is 0 Å². The van der Waals surface area contributed by atoms with E-state index in [0.717, 1.165) is 38.9 Å². The normalized spacial score (nSPS) is 12.1. The molecular formula is C58H34N4S. The molecule has 0 bridgehead atoms. The van der Waals surface area contributed by atoms with Crippen molar-refractivity contribution in [3.8, 4) is 34.0 Å². The van der Waals surface area contributed by atoms with Gasteiger partial charge in [0.25, 0.3) is 0 Å². The van der Waals surface area contributed by atoms with Gasteiger partial charge in [-0.1, -0.05) is 121 Å². The third-order valence-corrected chi connectivity index (χ3v) is 14.2. The molecule has 0 saturated carbocycles. The first-order valence-electron chi connectivity index (χ1n) is 21.4. The summed E-state index contributed by atoms with van der Waals surface area (Å²) in [6, 6.07) is 74.9. The Labute approximate surface area is 365 Å². The summed E-state index contributed by atoms with van der Waals surface area (Å²) >= 11 is 1.84. The molecule has 4 heterocycles. The summed E-state index contributed by atoms with van der Waals surface area (Å²) in [5.41, 5.74) is 10.9. The number of nitrogens with zero attached hydrogens (tertiary/aromatic N) is 4. The number of aromatic nitrogens is 4. The van der Waals surface area contributed by atoms with Gasteiger partial charge in [-0.3, -0.25) is 0 Å². The lowest BCUT2D eigenvalue weighted by molar-refractivity contribution is 1.17. The summed E-state index contributed by atoms with van der Waals surface area (Å²) in [7, 11) is 0. The molecule has 0 aliphatic rings. The van der Waals surface area contributed by atoms with Gasteiger partial charge in [0, 0.05) is 69.3 Å². The third kappa shape index (κ3) is 5.08. The summed E-state index contributed by atoms with van der Waals surface area (Å²) in [6.45, 7) is 0. The van der Waals surface area contributed by atoms with Gasteiger partial charge in [-0.2, -0.15) is 0 Å². The SMILES string of the molecule is c1cc(-n2c3ccccc3c3c4ccccc4ccc32)c2cc3c(cc2c1)c1ccccc1n3-c1ccc(-c2nc(-c3ccc4sc5ccccc5c4c3)c3ccccc3n2)cc1. The molecule has 0 unspecified atom stereocenters. The zero-order valence-electron chi connectivity index (χ0n) is 33.8. The lowest BCUT2D eigenvalue weighted by Gasteiger charge is -2.14. The minimum atomic E-state index is 0.710. The molecule has 0 atom stereocenters. The Bertz CT molecular complexity index is 4210. The van der Waals surface area contributed by atoms with E-state index < -0.39 is 0 Å². The maximum Gasteiger partial charge on any atom is 0.160 e. The van der Waals surface area contributed by atoms with E-state index in [4.69, 9.17) is 9.97 Å². The highest BCUT2D eigenvalue weighted by atomic mass is 32.1. The Morgan fingerprint density at radius 2 is 1.03 bits per heavy atom. The molecular weight excluding hydrogens is 785 g/mol. The number of rotatable bonds is 4. The van der Waals surface area contributed by atoms with E-state index in [1.54, 1.807) is 0 Å². The predicted molar refractivity (Wildman–Crippen MR) is 267 cm³/mol. The van der Waals surface area contributed by atoms with Crippen molar-refractivity contribution >= 4 is 108 Å². The zero-order valence-corrected chi connectivity index (χ0v) is 34.6. The van der Waals surface area contributed by atoms with Gasteiger partial charge in [0.15, 0.2) is 5.82 Å². The van der Waals surface area contributed by atoms with E-state index in [2.05, 4.69) is 215 Å². The average molecular weight is 819 g/mol. The van der Waals surface area contributed by atoms with Crippen LogP contribution >= 0.6 is 11.3 Å². The summed E-state index contributed by atoms with van der Waals surface area (Å²) < 4.78 is 7.46. The van der Waals surface area contributed by atoms with Crippen LogP contribution in [0.2, 0.25) is 0 Å². The summed E-state index contributed by atoms with van der Waals surface area (Å²) in [5, 5.41) is 13.5. The third-order valence-electron chi connectivity index (χ3n) is 13.1. The first-order valence-corrected chi connectivity index (χ1v) is 22.2. The van der Waals surface area contributed by atoms with Gasteiger partial charge in [0.1, 0.15) is 0 Å². The fourth-order valence-corrected chi connectivity index (χ4v) is 11.3. The topological polar surface area (TPSA) is 35.6 Å². The fraction of sp³-hybridized carbons (Fsp3) is 0. The first kappa shape index (κ1) is 34.6. The number of fused-ring (bicyclic) bond motifs is 13. The Hall–Kier alpha value is -8.12. The molecule has 0 amide bonds.